The number of hydrogen-bond acceptors (Lipinski definition) is 5. The normalized spacial score (nSPS) is 10.7. The fraction of sp³-hybridized carbons (Fsp3) is 0.167. The highest BCUT2D eigenvalue weighted by Crippen LogP contribution is 2.27. The smallest absolute Gasteiger partial charge is 0.256 e. The predicted octanol–water partition coefficient (Wildman–Crippen LogP) is 4.43. The Morgan fingerprint density at radius 3 is 2.40 bits per heavy atom. The lowest BCUT2D eigenvalue weighted by molar-refractivity contribution is 0.102. The number of amides is 1. The highest BCUT2D eigenvalue weighted by Gasteiger charge is 2.16. The van der Waals surface area contributed by atoms with E-state index in [2.05, 4.69) is 15.6 Å². The van der Waals surface area contributed by atoms with Crippen LogP contribution in [0, 0.1) is 0 Å². The topological polar surface area (TPSA) is 77.2 Å². The molecule has 3 rings (SSSR count). The fourth-order valence-electron chi connectivity index (χ4n) is 2.20. The quantitative estimate of drug-likeness (QED) is 0.730. The Bertz CT molecular complexity index is 858. The number of hydrogen-bond donors (Lipinski definition) is 1. The SMILES string of the molecule is CC(C)Oc1ccc(-c2nonc2NC(=O)c2ccc(Cl)cc2)cc1. The largest absolute Gasteiger partial charge is 0.491 e. The van der Waals surface area contributed by atoms with Crippen molar-refractivity contribution in [2.45, 2.75) is 20.0 Å². The van der Waals surface area contributed by atoms with E-state index in [1.54, 1.807) is 24.3 Å². The summed E-state index contributed by atoms with van der Waals surface area (Å²) in [5.74, 6) is 0.674. The lowest BCUT2D eigenvalue weighted by Gasteiger charge is -2.09. The van der Waals surface area contributed by atoms with Crippen molar-refractivity contribution >= 4 is 23.3 Å². The molecular formula is C18H16ClN3O3. The molecule has 0 unspecified atom stereocenters. The summed E-state index contributed by atoms with van der Waals surface area (Å²) in [7, 11) is 0. The van der Waals surface area contributed by atoms with Gasteiger partial charge in [0.1, 0.15) is 5.75 Å². The average molecular weight is 358 g/mol. The average Bonchev–Trinajstić information content (AvgIpc) is 3.03. The molecule has 7 heteroatoms. The van der Waals surface area contributed by atoms with Gasteiger partial charge in [0.15, 0.2) is 5.69 Å². The monoisotopic (exact) mass is 357 g/mol. The summed E-state index contributed by atoms with van der Waals surface area (Å²) in [6, 6.07) is 13.9. The van der Waals surface area contributed by atoms with Crippen molar-refractivity contribution in [3.8, 4) is 17.0 Å². The van der Waals surface area contributed by atoms with Crippen LogP contribution in [-0.2, 0) is 0 Å². The van der Waals surface area contributed by atoms with Crippen LogP contribution in [-0.4, -0.2) is 22.3 Å². The maximum Gasteiger partial charge on any atom is 0.256 e. The lowest BCUT2D eigenvalue weighted by Crippen LogP contribution is -2.12. The molecule has 0 saturated carbocycles. The Morgan fingerprint density at radius 1 is 1.08 bits per heavy atom. The third kappa shape index (κ3) is 4.16. The first-order valence-electron chi connectivity index (χ1n) is 7.69. The summed E-state index contributed by atoms with van der Waals surface area (Å²) in [6.45, 7) is 3.92. The zero-order chi connectivity index (χ0) is 17.8. The summed E-state index contributed by atoms with van der Waals surface area (Å²) in [4.78, 5) is 12.3. The Hall–Kier alpha value is -2.86. The van der Waals surface area contributed by atoms with Gasteiger partial charge in [0, 0.05) is 16.1 Å². The molecule has 1 N–H and O–H groups in total. The van der Waals surface area contributed by atoms with E-state index in [-0.39, 0.29) is 17.8 Å². The van der Waals surface area contributed by atoms with Gasteiger partial charge in [0.05, 0.1) is 6.10 Å². The Balaban J connectivity index is 1.78. The molecule has 0 aliphatic heterocycles. The zero-order valence-corrected chi connectivity index (χ0v) is 14.4. The van der Waals surface area contributed by atoms with Gasteiger partial charge in [-0.2, -0.15) is 0 Å². The Kier molecular flexibility index (Phi) is 5.00. The van der Waals surface area contributed by atoms with Crippen LogP contribution in [0.4, 0.5) is 5.82 Å². The maximum atomic E-state index is 12.3. The number of ether oxygens (including phenoxy) is 1. The first-order valence-corrected chi connectivity index (χ1v) is 8.07. The third-order valence-corrected chi connectivity index (χ3v) is 3.58. The molecule has 1 heterocycles. The molecule has 128 valence electrons. The van der Waals surface area contributed by atoms with Crippen LogP contribution in [0.2, 0.25) is 5.02 Å². The molecule has 0 bridgehead atoms. The molecule has 1 aromatic heterocycles. The lowest BCUT2D eigenvalue weighted by atomic mass is 10.1. The van der Waals surface area contributed by atoms with Gasteiger partial charge in [0.25, 0.3) is 5.91 Å². The van der Waals surface area contributed by atoms with Gasteiger partial charge in [-0.1, -0.05) is 11.6 Å². The number of aromatic nitrogens is 2. The van der Waals surface area contributed by atoms with Crippen molar-refractivity contribution in [2.75, 3.05) is 5.32 Å². The van der Waals surface area contributed by atoms with Crippen molar-refractivity contribution in [3.05, 3.63) is 59.1 Å². The number of anilines is 1. The maximum absolute atomic E-state index is 12.3. The van der Waals surface area contributed by atoms with Crippen LogP contribution < -0.4 is 10.1 Å². The van der Waals surface area contributed by atoms with Gasteiger partial charge in [-0.15, -0.1) is 0 Å². The molecule has 0 spiro atoms. The van der Waals surface area contributed by atoms with E-state index < -0.39 is 0 Å². The van der Waals surface area contributed by atoms with Crippen LogP contribution in [0.3, 0.4) is 0 Å². The Labute approximate surface area is 149 Å². The zero-order valence-electron chi connectivity index (χ0n) is 13.7. The van der Waals surface area contributed by atoms with Crippen LogP contribution in [0.5, 0.6) is 5.75 Å². The van der Waals surface area contributed by atoms with Crippen LogP contribution >= 0.6 is 11.6 Å². The molecule has 0 radical (unpaired) electrons. The second-order valence-electron chi connectivity index (χ2n) is 5.61. The second-order valence-corrected chi connectivity index (χ2v) is 6.05. The number of rotatable bonds is 5. The highest BCUT2D eigenvalue weighted by atomic mass is 35.5. The predicted molar refractivity (Wildman–Crippen MR) is 94.9 cm³/mol. The van der Waals surface area contributed by atoms with E-state index in [4.69, 9.17) is 21.0 Å². The minimum atomic E-state index is -0.326. The summed E-state index contributed by atoms with van der Waals surface area (Å²) >= 11 is 5.83. The van der Waals surface area contributed by atoms with E-state index in [1.807, 2.05) is 38.1 Å². The number of carbonyl (C=O) groups excluding carboxylic acids is 1. The molecule has 3 aromatic rings. The van der Waals surface area contributed by atoms with E-state index >= 15 is 0 Å². The third-order valence-electron chi connectivity index (χ3n) is 3.33. The molecule has 6 nitrogen and oxygen atoms in total. The van der Waals surface area contributed by atoms with Gasteiger partial charge >= 0.3 is 0 Å². The molecule has 2 aromatic carbocycles. The summed E-state index contributed by atoms with van der Waals surface area (Å²) in [6.07, 6.45) is 0.0915. The van der Waals surface area contributed by atoms with Gasteiger partial charge < -0.3 is 10.1 Å². The molecule has 25 heavy (non-hydrogen) atoms. The van der Waals surface area contributed by atoms with Crippen molar-refractivity contribution in [1.29, 1.82) is 0 Å². The summed E-state index contributed by atoms with van der Waals surface area (Å²) < 4.78 is 10.4. The van der Waals surface area contributed by atoms with Crippen molar-refractivity contribution in [3.63, 3.8) is 0 Å². The van der Waals surface area contributed by atoms with E-state index in [0.29, 0.717) is 16.3 Å². The van der Waals surface area contributed by atoms with Crippen LogP contribution in [0.25, 0.3) is 11.3 Å². The number of halogens is 1. The molecule has 0 saturated heterocycles. The first kappa shape index (κ1) is 17.0. The number of nitrogens with one attached hydrogen (secondary N) is 1. The van der Waals surface area contributed by atoms with Crippen molar-refractivity contribution in [1.82, 2.24) is 10.3 Å². The van der Waals surface area contributed by atoms with E-state index in [1.165, 1.54) is 0 Å². The summed E-state index contributed by atoms with van der Waals surface area (Å²) in [5.41, 5.74) is 1.65. The molecule has 0 aliphatic rings. The standard InChI is InChI=1S/C18H16ClN3O3/c1-11(2)24-15-9-5-12(6-10-15)16-17(22-25-21-16)20-18(23)13-3-7-14(19)8-4-13/h3-11H,1-2H3,(H,20,22,23). The van der Waals surface area contributed by atoms with Gasteiger partial charge in [-0.3, -0.25) is 4.79 Å². The molecule has 0 fully saturated rings. The minimum absolute atomic E-state index is 0.0915. The van der Waals surface area contributed by atoms with Gasteiger partial charge in [0.2, 0.25) is 5.82 Å². The van der Waals surface area contributed by atoms with Crippen molar-refractivity contribution < 1.29 is 14.2 Å². The molecule has 0 aliphatic carbocycles. The molecule has 1 amide bonds. The number of nitrogens with zero attached hydrogens (tertiary/aromatic N) is 2. The van der Waals surface area contributed by atoms with E-state index in [9.17, 15) is 4.79 Å². The number of carbonyl (C=O) groups is 1. The van der Waals surface area contributed by atoms with Gasteiger partial charge in [-0.05, 0) is 72.7 Å². The van der Waals surface area contributed by atoms with E-state index in [0.717, 1.165) is 11.3 Å². The second kappa shape index (κ2) is 7.36. The fourth-order valence-corrected chi connectivity index (χ4v) is 2.33. The summed E-state index contributed by atoms with van der Waals surface area (Å²) in [5, 5.41) is 10.9. The van der Waals surface area contributed by atoms with Crippen LogP contribution in [0.1, 0.15) is 24.2 Å². The first-order chi connectivity index (χ1) is 12.0. The van der Waals surface area contributed by atoms with Crippen LogP contribution in [0.15, 0.2) is 53.2 Å². The molecular weight excluding hydrogens is 342 g/mol. The van der Waals surface area contributed by atoms with Gasteiger partial charge in [-0.25, -0.2) is 4.63 Å². The minimum Gasteiger partial charge on any atom is -0.491 e. The Morgan fingerprint density at radius 2 is 1.76 bits per heavy atom. The van der Waals surface area contributed by atoms with Crippen molar-refractivity contribution in [2.24, 2.45) is 0 Å². The molecule has 0 atom stereocenters. The highest BCUT2D eigenvalue weighted by molar-refractivity contribution is 6.30. The number of benzene rings is 2.